The van der Waals surface area contributed by atoms with Gasteiger partial charge in [-0.3, -0.25) is 4.79 Å². The SMILES string of the molecule is CC12CCN(c3ncc(C(F)(F)F)cc3C(=O)Nc3ccnc(S(N)=O)c3)CC1C2(F)F. The number of halogens is 5. The molecule has 2 aromatic rings. The molecule has 0 bridgehead atoms. The number of nitrogens with two attached hydrogens (primary N) is 1. The highest BCUT2D eigenvalue weighted by molar-refractivity contribution is 7.82. The number of rotatable bonds is 4. The monoisotopic (exact) mass is 475 g/mol. The minimum Gasteiger partial charge on any atom is -0.355 e. The van der Waals surface area contributed by atoms with Crippen LogP contribution in [-0.4, -0.2) is 39.1 Å². The number of hydrogen-bond donors (Lipinski definition) is 2. The molecular formula is C19H18F5N5O2S. The lowest BCUT2D eigenvalue weighted by Gasteiger charge is -2.31. The molecule has 13 heteroatoms. The fraction of sp³-hybridized carbons (Fsp3) is 0.421. The predicted octanol–water partition coefficient (Wildman–Crippen LogP) is 3.21. The number of nitrogens with zero attached hydrogens (tertiary/aromatic N) is 3. The molecule has 1 aliphatic heterocycles. The van der Waals surface area contributed by atoms with E-state index in [4.69, 9.17) is 5.14 Å². The highest BCUT2D eigenvalue weighted by Crippen LogP contribution is 2.69. The summed E-state index contributed by atoms with van der Waals surface area (Å²) in [5, 5.41) is 7.62. The molecule has 2 aliphatic rings. The predicted molar refractivity (Wildman–Crippen MR) is 105 cm³/mol. The number of aromatic nitrogens is 2. The quantitative estimate of drug-likeness (QED) is 0.662. The molecular weight excluding hydrogens is 457 g/mol. The first-order valence-electron chi connectivity index (χ1n) is 9.48. The van der Waals surface area contributed by atoms with Crippen molar-refractivity contribution in [2.75, 3.05) is 23.3 Å². The molecule has 7 nitrogen and oxygen atoms in total. The number of pyridine rings is 2. The zero-order valence-electron chi connectivity index (χ0n) is 16.6. The van der Waals surface area contributed by atoms with Crippen molar-refractivity contribution < 1.29 is 31.0 Å². The Hall–Kier alpha value is -2.67. The molecule has 3 heterocycles. The molecule has 32 heavy (non-hydrogen) atoms. The van der Waals surface area contributed by atoms with Crippen LogP contribution < -0.4 is 15.4 Å². The van der Waals surface area contributed by atoms with E-state index >= 15 is 0 Å². The third-order valence-corrected chi connectivity index (χ3v) is 6.76. The zero-order valence-corrected chi connectivity index (χ0v) is 17.4. The van der Waals surface area contributed by atoms with E-state index in [1.807, 2.05) is 0 Å². The highest BCUT2D eigenvalue weighted by atomic mass is 32.2. The highest BCUT2D eigenvalue weighted by Gasteiger charge is 2.78. The third-order valence-electron chi connectivity index (χ3n) is 6.13. The zero-order chi connectivity index (χ0) is 23.5. The molecule has 2 fully saturated rings. The van der Waals surface area contributed by atoms with Gasteiger partial charge in [-0.25, -0.2) is 28.1 Å². The Morgan fingerprint density at radius 1 is 1.31 bits per heavy atom. The molecule has 4 rings (SSSR count). The Morgan fingerprint density at radius 2 is 2.03 bits per heavy atom. The second-order valence-corrected chi connectivity index (χ2v) is 9.03. The fourth-order valence-electron chi connectivity index (χ4n) is 4.03. The molecule has 1 amide bonds. The second-order valence-electron chi connectivity index (χ2n) is 8.02. The van der Waals surface area contributed by atoms with Gasteiger partial charge in [-0.1, -0.05) is 6.92 Å². The average Bonchev–Trinajstić information content (AvgIpc) is 3.18. The van der Waals surface area contributed by atoms with Crippen molar-refractivity contribution >= 4 is 28.4 Å². The summed E-state index contributed by atoms with van der Waals surface area (Å²) in [5.41, 5.74) is -2.62. The number of amides is 1. The Bertz CT molecular complexity index is 1110. The summed E-state index contributed by atoms with van der Waals surface area (Å²) in [7, 11) is -1.94. The van der Waals surface area contributed by atoms with Crippen LogP contribution in [0.1, 0.15) is 29.3 Å². The van der Waals surface area contributed by atoms with Crippen LogP contribution in [0.25, 0.3) is 0 Å². The number of carbonyl (C=O) groups is 1. The molecule has 2 aromatic heterocycles. The Morgan fingerprint density at radius 3 is 2.66 bits per heavy atom. The van der Waals surface area contributed by atoms with Gasteiger partial charge in [-0.05, 0) is 24.6 Å². The number of carbonyl (C=O) groups excluding carboxylic acids is 1. The van der Waals surface area contributed by atoms with E-state index in [9.17, 15) is 31.0 Å². The fourth-order valence-corrected chi connectivity index (χ4v) is 4.44. The number of hydrogen-bond acceptors (Lipinski definition) is 5. The minimum atomic E-state index is -4.76. The molecule has 3 unspecified atom stereocenters. The Balaban J connectivity index is 1.67. The van der Waals surface area contributed by atoms with Crippen molar-refractivity contribution in [3.8, 4) is 0 Å². The topological polar surface area (TPSA) is 101 Å². The number of alkyl halides is 5. The molecule has 172 valence electrons. The first kappa shape index (κ1) is 22.5. The van der Waals surface area contributed by atoms with Crippen molar-refractivity contribution in [2.24, 2.45) is 16.5 Å². The van der Waals surface area contributed by atoms with Gasteiger partial charge >= 0.3 is 6.18 Å². The third kappa shape index (κ3) is 3.72. The van der Waals surface area contributed by atoms with E-state index in [2.05, 4.69) is 15.3 Å². The van der Waals surface area contributed by atoms with Gasteiger partial charge in [0.25, 0.3) is 11.8 Å². The van der Waals surface area contributed by atoms with E-state index < -0.39 is 51.5 Å². The van der Waals surface area contributed by atoms with Crippen LogP contribution >= 0.6 is 0 Å². The summed E-state index contributed by atoms with van der Waals surface area (Å²) in [5.74, 6) is -4.89. The van der Waals surface area contributed by atoms with Crippen molar-refractivity contribution in [2.45, 2.75) is 30.5 Å². The van der Waals surface area contributed by atoms with Crippen molar-refractivity contribution in [3.63, 3.8) is 0 Å². The molecule has 1 saturated carbocycles. The number of fused-ring (bicyclic) bond motifs is 1. The normalized spacial score (nSPS) is 25.1. The summed E-state index contributed by atoms with van der Waals surface area (Å²) in [6, 6.07) is 3.19. The van der Waals surface area contributed by atoms with Crippen molar-refractivity contribution in [3.05, 3.63) is 41.7 Å². The maximum Gasteiger partial charge on any atom is 0.417 e. The molecule has 3 N–H and O–H groups in total. The minimum absolute atomic E-state index is 0.0449. The van der Waals surface area contributed by atoms with Crippen molar-refractivity contribution in [1.29, 1.82) is 0 Å². The summed E-state index contributed by atoms with van der Waals surface area (Å²) in [6.45, 7) is 1.46. The van der Waals surface area contributed by atoms with Crippen LogP contribution in [0.4, 0.5) is 33.5 Å². The van der Waals surface area contributed by atoms with E-state index in [1.54, 1.807) is 0 Å². The van der Waals surface area contributed by atoms with Gasteiger partial charge in [0, 0.05) is 36.6 Å². The van der Waals surface area contributed by atoms with Gasteiger partial charge in [0.05, 0.1) is 17.0 Å². The summed E-state index contributed by atoms with van der Waals surface area (Å²) >= 11 is 0. The maximum atomic E-state index is 14.1. The molecule has 0 aromatic carbocycles. The Kier molecular flexibility index (Phi) is 5.24. The lowest BCUT2D eigenvalue weighted by Crippen LogP contribution is -2.36. The first-order valence-corrected chi connectivity index (χ1v) is 10.7. The van der Waals surface area contributed by atoms with Crippen LogP contribution in [-0.2, 0) is 17.2 Å². The van der Waals surface area contributed by atoms with E-state index in [0.29, 0.717) is 12.3 Å². The average molecular weight is 475 g/mol. The van der Waals surface area contributed by atoms with Gasteiger partial charge in [0.2, 0.25) is 0 Å². The summed E-state index contributed by atoms with van der Waals surface area (Å²) in [4.78, 5) is 21.9. The maximum absolute atomic E-state index is 14.1. The summed E-state index contributed by atoms with van der Waals surface area (Å²) < 4.78 is 79.4. The van der Waals surface area contributed by atoms with E-state index in [1.165, 1.54) is 30.2 Å². The van der Waals surface area contributed by atoms with Gasteiger partial charge in [0.1, 0.15) is 21.8 Å². The molecule has 1 saturated heterocycles. The standard InChI is InChI=1S/C19H18F5N5O2S/c1-17-3-5-29(9-13(17)18(17,20)21)15-12(6-10(8-27-15)19(22,23)24)16(30)28-11-2-4-26-14(7-11)32(25)31/h2,4,6-8,13H,3,5,9,25H2,1H3,(H,26,28,30). The van der Waals surface area contributed by atoms with E-state index in [-0.39, 0.29) is 36.0 Å². The van der Waals surface area contributed by atoms with Gasteiger partial charge < -0.3 is 10.2 Å². The largest absolute Gasteiger partial charge is 0.417 e. The lowest BCUT2D eigenvalue weighted by molar-refractivity contribution is -0.137. The molecule has 3 atom stereocenters. The van der Waals surface area contributed by atoms with Gasteiger partial charge in [-0.15, -0.1) is 0 Å². The van der Waals surface area contributed by atoms with Gasteiger partial charge in [-0.2, -0.15) is 13.2 Å². The second kappa shape index (κ2) is 7.44. The molecule has 1 aliphatic carbocycles. The number of anilines is 2. The first-order chi connectivity index (χ1) is 14.8. The van der Waals surface area contributed by atoms with Crippen LogP contribution in [0.15, 0.2) is 35.6 Å². The van der Waals surface area contributed by atoms with Crippen LogP contribution in [0.2, 0.25) is 0 Å². The number of nitrogens with one attached hydrogen (secondary N) is 1. The Labute approximate surface area is 181 Å². The lowest BCUT2D eigenvalue weighted by atomic mass is 9.97. The van der Waals surface area contributed by atoms with Crippen molar-refractivity contribution in [1.82, 2.24) is 9.97 Å². The molecule has 0 radical (unpaired) electrons. The van der Waals surface area contributed by atoms with E-state index in [0.717, 1.165) is 0 Å². The van der Waals surface area contributed by atoms with Crippen LogP contribution in [0, 0.1) is 11.3 Å². The smallest absolute Gasteiger partial charge is 0.355 e. The van der Waals surface area contributed by atoms with Crippen LogP contribution in [0.3, 0.4) is 0 Å². The van der Waals surface area contributed by atoms with Gasteiger partial charge in [0.15, 0.2) is 0 Å². The summed E-state index contributed by atoms with van der Waals surface area (Å²) in [6.07, 6.45) is -2.84. The van der Waals surface area contributed by atoms with Crippen LogP contribution in [0.5, 0.6) is 0 Å². The number of piperidine rings is 1. The molecule has 0 spiro atoms.